The van der Waals surface area contributed by atoms with E-state index in [2.05, 4.69) is 15.3 Å². The molecule has 0 aromatic carbocycles. The van der Waals surface area contributed by atoms with Crippen LogP contribution >= 0.6 is 0 Å². The quantitative estimate of drug-likeness (QED) is 0.756. The number of aromatic carboxylic acids is 1. The highest BCUT2D eigenvalue weighted by molar-refractivity contribution is 5.92. The molecule has 0 aliphatic rings. The fraction of sp³-hybridized carbons (Fsp3) is 0.0714. The highest BCUT2D eigenvalue weighted by Gasteiger charge is 2.11. The van der Waals surface area contributed by atoms with Crippen molar-refractivity contribution in [2.45, 2.75) is 6.54 Å². The standard InChI is InChI=1S/C14H11N3O3/c18-14(19)10-3-1-6-16-13(10)17-8-9-7-11-12(20-9)4-2-5-15-11/h1-7H,8H2,(H,16,17)(H,18,19). The number of nitrogens with zero attached hydrogens (tertiary/aromatic N) is 2. The lowest BCUT2D eigenvalue weighted by atomic mass is 10.2. The molecular weight excluding hydrogens is 258 g/mol. The molecule has 0 saturated heterocycles. The van der Waals surface area contributed by atoms with Crippen LogP contribution < -0.4 is 5.32 Å². The maximum absolute atomic E-state index is 11.1. The van der Waals surface area contributed by atoms with Gasteiger partial charge in [0.2, 0.25) is 0 Å². The summed E-state index contributed by atoms with van der Waals surface area (Å²) in [5.74, 6) is -0.0408. The topological polar surface area (TPSA) is 88.2 Å². The van der Waals surface area contributed by atoms with Gasteiger partial charge in [0.05, 0.1) is 6.54 Å². The highest BCUT2D eigenvalue weighted by Crippen LogP contribution is 2.18. The Hall–Kier alpha value is -2.89. The van der Waals surface area contributed by atoms with Crippen molar-refractivity contribution in [3.05, 3.63) is 54.0 Å². The molecule has 0 amide bonds. The van der Waals surface area contributed by atoms with Gasteiger partial charge >= 0.3 is 5.97 Å². The summed E-state index contributed by atoms with van der Waals surface area (Å²) < 4.78 is 5.59. The number of pyridine rings is 2. The first-order valence-electron chi connectivity index (χ1n) is 5.99. The maximum atomic E-state index is 11.1. The van der Waals surface area contributed by atoms with Gasteiger partial charge < -0.3 is 14.8 Å². The van der Waals surface area contributed by atoms with Gasteiger partial charge in [-0.1, -0.05) is 0 Å². The monoisotopic (exact) mass is 269 g/mol. The number of carboxylic acid groups (broad SMARTS) is 1. The van der Waals surface area contributed by atoms with E-state index in [4.69, 9.17) is 9.52 Å². The van der Waals surface area contributed by atoms with Crippen molar-refractivity contribution in [1.29, 1.82) is 0 Å². The Morgan fingerprint density at radius 1 is 1.25 bits per heavy atom. The number of hydrogen-bond acceptors (Lipinski definition) is 5. The molecule has 3 heterocycles. The van der Waals surface area contributed by atoms with Gasteiger partial charge in [-0.3, -0.25) is 4.98 Å². The Morgan fingerprint density at radius 3 is 2.85 bits per heavy atom. The second kappa shape index (κ2) is 5.00. The largest absolute Gasteiger partial charge is 0.478 e. The van der Waals surface area contributed by atoms with E-state index in [1.165, 1.54) is 12.3 Å². The fourth-order valence-corrected chi connectivity index (χ4v) is 1.90. The van der Waals surface area contributed by atoms with Gasteiger partial charge in [-0.05, 0) is 24.3 Å². The average molecular weight is 269 g/mol. The van der Waals surface area contributed by atoms with Crippen LogP contribution in [0.4, 0.5) is 5.82 Å². The van der Waals surface area contributed by atoms with Gasteiger partial charge in [0.1, 0.15) is 22.7 Å². The van der Waals surface area contributed by atoms with E-state index in [1.54, 1.807) is 18.3 Å². The summed E-state index contributed by atoms with van der Waals surface area (Å²) in [4.78, 5) is 19.3. The molecule has 0 aliphatic heterocycles. The Balaban J connectivity index is 1.81. The summed E-state index contributed by atoms with van der Waals surface area (Å²) in [6.45, 7) is 0.341. The van der Waals surface area contributed by atoms with Gasteiger partial charge in [0.25, 0.3) is 0 Å². The lowest BCUT2D eigenvalue weighted by Crippen LogP contribution is -2.07. The van der Waals surface area contributed by atoms with Crippen molar-refractivity contribution < 1.29 is 14.3 Å². The third-order valence-corrected chi connectivity index (χ3v) is 2.81. The molecule has 100 valence electrons. The van der Waals surface area contributed by atoms with Crippen molar-refractivity contribution in [2.24, 2.45) is 0 Å². The highest BCUT2D eigenvalue weighted by atomic mass is 16.4. The van der Waals surface area contributed by atoms with E-state index >= 15 is 0 Å². The van der Waals surface area contributed by atoms with Crippen molar-refractivity contribution in [3.63, 3.8) is 0 Å². The number of rotatable bonds is 4. The summed E-state index contributed by atoms with van der Waals surface area (Å²) in [7, 11) is 0. The van der Waals surface area contributed by atoms with Crippen LogP contribution in [0.1, 0.15) is 16.1 Å². The van der Waals surface area contributed by atoms with E-state index in [1.807, 2.05) is 12.1 Å². The van der Waals surface area contributed by atoms with E-state index in [0.717, 1.165) is 5.52 Å². The number of furan rings is 1. The number of carboxylic acids is 1. The molecule has 0 radical (unpaired) electrons. The SMILES string of the molecule is O=C(O)c1cccnc1NCc1cc2ncccc2o1. The second-order valence-corrected chi connectivity index (χ2v) is 4.16. The van der Waals surface area contributed by atoms with Crippen molar-refractivity contribution in [3.8, 4) is 0 Å². The van der Waals surface area contributed by atoms with E-state index < -0.39 is 5.97 Å². The summed E-state index contributed by atoms with van der Waals surface area (Å²) in [6, 6.07) is 8.52. The van der Waals surface area contributed by atoms with Gasteiger partial charge in [-0.25, -0.2) is 9.78 Å². The zero-order valence-corrected chi connectivity index (χ0v) is 10.4. The lowest BCUT2D eigenvalue weighted by molar-refractivity contribution is 0.0697. The predicted molar refractivity (Wildman–Crippen MR) is 72.5 cm³/mol. The smallest absolute Gasteiger partial charge is 0.339 e. The van der Waals surface area contributed by atoms with Crippen LogP contribution in [-0.4, -0.2) is 21.0 Å². The molecule has 0 bridgehead atoms. The van der Waals surface area contributed by atoms with Crippen molar-refractivity contribution in [1.82, 2.24) is 9.97 Å². The first-order valence-corrected chi connectivity index (χ1v) is 5.99. The minimum absolute atomic E-state index is 0.127. The minimum atomic E-state index is -1.02. The lowest BCUT2D eigenvalue weighted by Gasteiger charge is -2.06. The zero-order valence-electron chi connectivity index (χ0n) is 10.4. The molecule has 20 heavy (non-hydrogen) atoms. The minimum Gasteiger partial charge on any atom is -0.478 e. The number of hydrogen-bond donors (Lipinski definition) is 2. The average Bonchev–Trinajstić information content (AvgIpc) is 2.88. The summed E-state index contributed by atoms with van der Waals surface area (Å²) >= 11 is 0. The Bertz CT molecular complexity index is 734. The van der Waals surface area contributed by atoms with Crippen molar-refractivity contribution in [2.75, 3.05) is 5.32 Å². The second-order valence-electron chi connectivity index (χ2n) is 4.16. The van der Waals surface area contributed by atoms with Gasteiger partial charge in [0.15, 0.2) is 5.58 Å². The van der Waals surface area contributed by atoms with Crippen LogP contribution in [0.25, 0.3) is 11.1 Å². The molecule has 0 atom stereocenters. The Morgan fingerprint density at radius 2 is 2.05 bits per heavy atom. The molecule has 0 unspecified atom stereocenters. The molecule has 2 N–H and O–H groups in total. The molecule has 0 aliphatic carbocycles. The van der Waals surface area contributed by atoms with Crippen LogP contribution in [0.15, 0.2) is 47.1 Å². The third kappa shape index (κ3) is 2.31. The molecule has 0 fully saturated rings. The third-order valence-electron chi connectivity index (χ3n) is 2.81. The van der Waals surface area contributed by atoms with Crippen LogP contribution in [0.2, 0.25) is 0 Å². The van der Waals surface area contributed by atoms with Gasteiger partial charge in [-0.15, -0.1) is 0 Å². The van der Waals surface area contributed by atoms with Crippen LogP contribution in [0.3, 0.4) is 0 Å². The van der Waals surface area contributed by atoms with E-state index in [-0.39, 0.29) is 5.56 Å². The normalized spacial score (nSPS) is 10.6. The number of anilines is 1. The Labute approximate surface area is 114 Å². The first kappa shape index (κ1) is 12.2. The number of carbonyl (C=O) groups is 1. The van der Waals surface area contributed by atoms with Crippen LogP contribution in [0, 0.1) is 0 Å². The maximum Gasteiger partial charge on any atom is 0.339 e. The molecule has 6 heteroatoms. The van der Waals surface area contributed by atoms with Crippen LogP contribution in [-0.2, 0) is 6.54 Å². The van der Waals surface area contributed by atoms with E-state index in [0.29, 0.717) is 23.7 Å². The number of aromatic nitrogens is 2. The molecule has 0 spiro atoms. The summed E-state index contributed by atoms with van der Waals surface area (Å²) in [5, 5.41) is 12.0. The van der Waals surface area contributed by atoms with Crippen LogP contribution in [0.5, 0.6) is 0 Å². The zero-order chi connectivity index (χ0) is 13.9. The predicted octanol–water partition coefficient (Wildman–Crippen LogP) is 2.53. The molecule has 3 rings (SSSR count). The fourth-order valence-electron chi connectivity index (χ4n) is 1.90. The van der Waals surface area contributed by atoms with Gasteiger partial charge in [-0.2, -0.15) is 0 Å². The molecule has 6 nitrogen and oxygen atoms in total. The molecule has 0 saturated carbocycles. The first-order chi connectivity index (χ1) is 9.74. The molecular formula is C14H11N3O3. The molecule has 3 aromatic heterocycles. The van der Waals surface area contributed by atoms with Crippen molar-refractivity contribution >= 4 is 22.9 Å². The summed E-state index contributed by atoms with van der Waals surface area (Å²) in [6.07, 6.45) is 3.23. The van der Waals surface area contributed by atoms with Gasteiger partial charge in [0, 0.05) is 18.5 Å². The number of nitrogens with one attached hydrogen (secondary N) is 1. The summed E-state index contributed by atoms with van der Waals surface area (Å²) in [5.41, 5.74) is 1.59. The number of fused-ring (bicyclic) bond motifs is 1. The Kier molecular flexibility index (Phi) is 3.04. The molecule has 3 aromatic rings. The van der Waals surface area contributed by atoms with E-state index in [9.17, 15) is 4.79 Å².